The average Bonchev–Trinajstić information content (AvgIpc) is 3.02. The van der Waals surface area contributed by atoms with Crippen LogP contribution in [0.3, 0.4) is 0 Å². The van der Waals surface area contributed by atoms with E-state index in [9.17, 15) is 9.59 Å². The van der Waals surface area contributed by atoms with Crippen LogP contribution in [0, 0.1) is 0 Å². The first-order valence-corrected chi connectivity index (χ1v) is 10.1. The van der Waals surface area contributed by atoms with Gasteiger partial charge in [-0.15, -0.1) is 0 Å². The number of carbonyl (C=O) groups excluding carboxylic acids is 2. The molecule has 0 atom stereocenters. The van der Waals surface area contributed by atoms with Gasteiger partial charge in [0.2, 0.25) is 0 Å². The van der Waals surface area contributed by atoms with E-state index in [1.165, 1.54) is 4.90 Å². The van der Waals surface area contributed by atoms with Gasteiger partial charge in [0.15, 0.2) is 0 Å². The SMILES string of the molecule is O=C1S/C(=C\c2ccccc2OCc2ccccc2)C(=O)N1Cc1ccccc1. The molecule has 3 aromatic rings. The van der Waals surface area contributed by atoms with Crippen LogP contribution in [0.1, 0.15) is 16.7 Å². The number of para-hydroxylation sites is 1. The standard InChI is InChI=1S/C24H19NO3S/c26-23-22(29-24(27)25(23)16-18-9-3-1-4-10-18)15-20-13-7-8-14-21(20)28-17-19-11-5-2-6-12-19/h1-15H,16-17H2/b22-15-. The van der Waals surface area contributed by atoms with E-state index in [1.807, 2.05) is 84.9 Å². The summed E-state index contributed by atoms with van der Waals surface area (Å²) in [4.78, 5) is 26.9. The summed E-state index contributed by atoms with van der Waals surface area (Å²) >= 11 is 0.962. The van der Waals surface area contributed by atoms with Crippen molar-refractivity contribution in [2.24, 2.45) is 0 Å². The summed E-state index contributed by atoms with van der Waals surface area (Å²) in [5.41, 5.74) is 2.75. The number of hydrogen-bond acceptors (Lipinski definition) is 4. The molecule has 1 aliphatic heterocycles. The molecule has 4 nitrogen and oxygen atoms in total. The number of amides is 2. The highest BCUT2D eigenvalue weighted by atomic mass is 32.2. The molecule has 0 saturated carbocycles. The average molecular weight is 401 g/mol. The van der Waals surface area contributed by atoms with Crippen molar-refractivity contribution < 1.29 is 14.3 Å². The summed E-state index contributed by atoms with van der Waals surface area (Å²) in [6.07, 6.45) is 1.73. The number of benzene rings is 3. The maximum atomic E-state index is 12.8. The van der Waals surface area contributed by atoms with Gasteiger partial charge in [-0.3, -0.25) is 14.5 Å². The smallest absolute Gasteiger partial charge is 0.293 e. The number of nitrogens with zero attached hydrogens (tertiary/aromatic N) is 1. The van der Waals surface area contributed by atoms with Crippen molar-refractivity contribution in [3.05, 3.63) is 107 Å². The molecule has 0 radical (unpaired) electrons. The van der Waals surface area contributed by atoms with Crippen LogP contribution in [0.4, 0.5) is 4.79 Å². The molecule has 0 bridgehead atoms. The Morgan fingerprint density at radius 1 is 0.793 bits per heavy atom. The fraction of sp³-hybridized carbons (Fsp3) is 0.0833. The van der Waals surface area contributed by atoms with Gasteiger partial charge in [-0.05, 0) is 35.0 Å². The van der Waals surface area contributed by atoms with Gasteiger partial charge in [0, 0.05) is 5.56 Å². The Morgan fingerprint density at radius 3 is 2.14 bits per heavy atom. The van der Waals surface area contributed by atoms with E-state index in [4.69, 9.17) is 4.74 Å². The van der Waals surface area contributed by atoms with Crippen LogP contribution in [0.25, 0.3) is 6.08 Å². The molecule has 0 aliphatic carbocycles. The highest BCUT2D eigenvalue weighted by molar-refractivity contribution is 8.18. The second-order valence-corrected chi connectivity index (χ2v) is 7.56. The molecule has 4 rings (SSSR count). The minimum absolute atomic E-state index is 0.257. The largest absolute Gasteiger partial charge is 0.488 e. The van der Waals surface area contributed by atoms with Gasteiger partial charge in [-0.25, -0.2) is 0 Å². The van der Waals surface area contributed by atoms with Crippen molar-refractivity contribution >= 4 is 29.0 Å². The quantitative estimate of drug-likeness (QED) is 0.512. The Kier molecular flexibility index (Phi) is 5.77. The number of carbonyl (C=O) groups is 2. The maximum absolute atomic E-state index is 12.8. The summed E-state index contributed by atoms with van der Waals surface area (Å²) < 4.78 is 5.95. The summed E-state index contributed by atoms with van der Waals surface area (Å²) in [5.74, 6) is 0.396. The summed E-state index contributed by atoms with van der Waals surface area (Å²) in [5, 5.41) is -0.257. The van der Waals surface area contributed by atoms with Gasteiger partial charge >= 0.3 is 0 Å². The van der Waals surface area contributed by atoms with E-state index < -0.39 is 0 Å². The van der Waals surface area contributed by atoms with E-state index in [2.05, 4.69) is 0 Å². The molecular formula is C24H19NO3S. The molecule has 1 saturated heterocycles. The number of hydrogen-bond donors (Lipinski definition) is 0. The Hall–Kier alpha value is -3.31. The van der Waals surface area contributed by atoms with Crippen LogP contribution in [-0.2, 0) is 17.9 Å². The van der Waals surface area contributed by atoms with Gasteiger partial charge in [-0.2, -0.15) is 0 Å². The molecule has 5 heteroatoms. The lowest BCUT2D eigenvalue weighted by atomic mass is 10.1. The second-order valence-electron chi connectivity index (χ2n) is 6.57. The number of imide groups is 1. The lowest BCUT2D eigenvalue weighted by molar-refractivity contribution is -0.123. The van der Waals surface area contributed by atoms with Crippen molar-refractivity contribution in [2.75, 3.05) is 0 Å². The first kappa shape index (κ1) is 19.0. The Labute approximate surface area is 173 Å². The molecule has 1 fully saturated rings. The van der Waals surface area contributed by atoms with E-state index in [0.29, 0.717) is 17.3 Å². The van der Waals surface area contributed by atoms with E-state index in [1.54, 1.807) is 6.08 Å². The Bertz CT molecular complexity index is 1050. The summed E-state index contributed by atoms with van der Waals surface area (Å²) in [6.45, 7) is 0.705. The van der Waals surface area contributed by atoms with Crippen LogP contribution in [0.5, 0.6) is 5.75 Å². The highest BCUT2D eigenvalue weighted by Crippen LogP contribution is 2.35. The summed E-state index contributed by atoms with van der Waals surface area (Å²) in [6, 6.07) is 26.9. The lowest BCUT2D eigenvalue weighted by Gasteiger charge is -2.12. The maximum Gasteiger partial charge on any atom is 0.293 e. The van der Waals surface area contributed by atoms with E-state index >= 15 is 0 Å². The third-order valence-electron chi connectivity index (χ3n) is 4.50. The first-order chi connectivity index (χ1) is 14.2. The minimum atomic E-state index is -0.276. The van der Waals surface area contributed by atoms with Gasteiger partial charge in [0.05, 0.1) is 11.4 Å². The van der Waals surface area contributed by atoms with E-state index in [-0.39, 0.29) is 17.7 Å². The molecule has 0 spiro atoms. The van der Waals surface area contributed by atoms with Gasteiger partial charge in [0.1, 0.15) is 12.4 Å². The fourth-order valence-electron chi connectivity index (χ4n) is 3.01. The van der Waals surface area contributed by atoms with Crippen LogP contribution >= 0.6 is 11.8 Å². The number of ether oxygens (including phenoxy) is 1. The van der Waals surface area contributed by atoms with Gasteiger partial charge in [0.25, 0.3) is 11.1 Å². The third-order valence-corrected chi connectivity index (χ3v) is 5.41. The zero-order valence-corrected chi connectivity index (χ0v) is 16.5. The molecular weight excluding hydrogens is 382 g/mol. The molecule has 0 aromatic heterocycles. The van der Waals surface area contributed by atoms with Crippen LogP contribution in [0.2, 0.25) is 0 Å². The van der Waals surface area contributed by atoms with Gasteiger partial charge in [-0.1, -0.05) is 78.9 Å². The molecule has 1 heterocycles. The Morgan fingerprint density at radius 2 is 1.41 bits per heavy atom. The predicted octanol–water partition coefficient (Wildman–Crippen LogP) is 5.50. The molecule has 2 amide bonds. The molecule has 3 aromatic carbocycles. The van der Waals surface area contributed by atoms with E-state index in [0.717, 1.165) is 28.5 Å². The first-order valence-electron chi connectivity index (χ1n) is 9.26. The van der Waals surface area contributed by atoms with Crippen LogP contribution in [0.15, 0.2) is 89.8 Å². The molecule has 29 heavy (non-hydrogen) atoms. The number of rotatable bonds is 6. The van der Waals surface area contributed by atoms with Gasteiger partial charge < -0.3 is 4.74 Å². The van der Waals surface area contributed by atoms with Crippen molar-refractivity contribution in [3.8, 4) is 5.75 Å². The number of thioether (sulfide) groups is 1. The molecule has 0 unspecified atom stereocenters. The zero-order valence-electron chi connectivity index (χ0n) is 15.7. The summed E-state index contributed by atoms with van der Waals surface area (Å²) in [7, 11) is 0. The molecule has 144 valence electrons. The topological polar surface area (TPSA) is 46.6 Å². The van der Waals surface area contributed by atoms with Crippen LogP contribution in [-0.4, -0.2) is 16.0 Å². The zero-order chi connectivity index (χ0) is 20.1. The molecule has 1 aliphatic rings. The lowest BCUT2D eigenvalue weighted by Crippen LogP contribution is -2.27. The highest BCUT2D eigenvalue weighted by Gasteiger charge is 2.35. The Balaban J connectivity index is 1.52. The van der Waals surface area contributed by atoms with Crippen molar-refractivity contribution in [3.63, 3.8) is 0 Å². The normalized spacial score (nSPS) is 15.2. The van der Waals surface area contributed by atoms with Crippen molar-refractivity contribution in [2.45, 2.75) is 13.2 Å². The molecule has 0 N–H and O–H groups in total. The third kappa shape index (κ3) is 4.58. The van der Waals surface area contributed by atoms with Crippen molar-refractivity contribution in [1.29, 1.82) is 0 Å². The predicted molar refractivity (Wildman–Crippen MR) is 115 cm³/mol. The monoisotopic (exact) mass is 401 g/mol. The van der Waals surface area contributed by atoms with Crippen LogP contribution < -0.4 is 4.74 Å². The second kappa shape index (κ2) is 8.80. The minimum Gasteiger partial charge on any atom is -0.488 e. The van der Waals surface area contributed by atoms with Crippen molar-refractivity contribution in [1.82, 2.24) is 4.90 Å². The fourth-order valence-corrected chi connectivity index (χ4v) is 3.84.